The molecule has 0 aliphatic rings. The largest absolute Gasteiger partial charge is 0.462 e. The second-order valence-corrected chi connectivity index (χ2v) is 13.2. The van der Waals surface area contributed by atoms with Gasteiger partial charge in [0.25, 0.3) is 0 Å². The molecule has 45 heavy (non-hydrogen) atoms. The Morgan fingerprint density at radius 1 is 0.600 bits per heavy atom. The molecule has 1 N–H and O–H groups in total. The van der Waals surface area contributed by atoms with Gasteiger partial charge in [0.05, 0.1) is 6.42 Å². The number of hydrogen-bond donors (Lipinski definition) is 1. The smallest absolute Gasteiger partial charge is 0.306 e. The molecule has 260 valence electrons. The van der Waals surface area contributed by atoms with Gasteiger partial charge in [0.1, 0.15) is 6.10 Å². The SMILES string of the molecule is CCCCCCCC/C=C\CCCCCCCC(CCCCCCC/C=C\CCCCCCCC)OC(=O)CCc1nn[nH]n1. The fraction of sp³-hybridized carbons (Fsp3) is 0.846. The van der Waals surface area contributed by atoms with Crippen LogP contribution in [0.15, 0.2) is 24.3 Å². The van der Waals surface area contributed by atoms with Gasteiger partial charge in [-0.3, -0.25) is 4.79 Å². The summed E-state index contributed by atoms with van der Waals surface area (Å²) in [6.07, 6.45) is 46.3. The number of allylic oxidation sites excluding steroid dienone is 4. The molecule has 0 radical (unpaired) electrons. The quantitative estimate of drug-likeness (QED) is 0.0466. The molecule has 0 aliphatic carbocycles. The van der Waals surface area contributed by atoms with Crippen molar-refractivity contribution in [2.45, 2.75) is 213 Å². The zero-order chi connectivity index (χ0) is 32.3. The van der Waals surface area contributed by atoms with Gasteiger partial charge in [0, 0.05) is 6.42 Å². The molecular weight excluding hydrogens is 556 g/mol. The van der Waals surface area contributed by atoms with Gasteiger partial charge in [-0.25, -0.2) is 0 Å². The van der Waals surface area contributed by atoms with Gasteiger partial charge in [-0.1, -0.05) is 146 Å². The van der Waals surface area contributed by atoms with Crippen LogP contribution in [0.3, 0.4) is 0 Å². The third-order valence-electron chi connectivity index (χ3n) is 8.82. The van der Waals surface area contributed by atoms with E-state index in [1.165, 1.54) is 154 Å². The van der Waals surface area contributed by atoms with Crippen LogP contribution in [0.4, 0.5) is 0 Å². The lowest BCUT2D eigenvalue weighted by atomic mass is 10.0. The van der Waals surface area contributed by atoms with E-state index in [1.54, 1.807) is 0 Å². The Hall–Kier alpha value is -1.98. The van der Waals surface area contributed by atoms with E-state index in [4.69, 9.17) is 4.74 Å². The summed E-state index contributed by atoms with van der Waals surface area (Å²) in [6, 6.07) is 0. The zero-order valence-corrected chi connectivity index (χ0v) is 29.8. The first-order chi connectivity index (χ1) is 22.3. The normalized spacial score (nSPS) is 11.9. The average molecular weight is 629 g/mol. The van der Waals surface area contributed by atoms with Crippen LogP contribution in [0.5, 0.6) is 0 Å². The number of tetrazole rings is 1. The fourth-order valence-corrected chi connectivity index (χ4v) is 5.89. The van der Waals surface area contributed by atoms with Crippen LogP contribution in [0, 0.1) is 0 Å². The lowest BCUT2D eigenvalue weighted by molar-refractivity contribution is -0.149. The van der Waals surface area contributed by atoms with Crippen LogP contribution in [0.25, 0.3) is 0 Å². The summed E-state index contributed by atoms with van der Waals surface area (Å²) in [5.74, 6) is 0.434. The minimum absolute atomic E-state index is 0.0394. The molecule has 6 heteroatoms. The first-order valence-electron chi connectivity index (χ1n) is 19.5. The van der Waals surface area contributed by atoms with Crippen molar-refractivity contribution in [2.75, 3.05) is 0 Å². The van der Waals surface area contributed by atoms with Crippen molar-refractivity contribution < 1.29 is 9.53 Å². The second-order valence-electron chi connectivity index (χ2n) is 13.2. The molecule has 1 heterocycles. The van der Waals surface area contributed by atoms with Crippen molar-refractivity contribution in [3.63, 3.8) is 0 Å². The van der Waals surface area contributed by atoms with E-state index in [-0.39, 0.29) is 12.1 Å². The molecule has 0 atom stereocenters. The van der Waals surface area contributed by atoms with Gasteiger partial charge in [-0.15, -0.1) is 10.2 Å². The third-order valence-corrected chi connectivity index (χ3v) is 8.82. The number of H-pyrrole nitrogens is 1. The molecule has 0 saturated heterocycles. The Balaban J connectivity index is 2.13. The summed E-state index contributed by atoms with van der Waals surface area (Å²) >= 11 is 0. The Bertz CT molecular complexity index is 753. The molecule has 0 fully saturated rings. The molecule has 1 aromatic rings. The number of rotatable bonds is 34. The summed E-state index contributed by atoms with van der Waals surface area (Å²) in [6.45, 7) is 4.56. The molecule has 0 amide bonds. The summed E-state index contributed by atoms with van der Waals surface area (Å²) in [4.78, 5) is 12.5. The molecule has 1 rings (SSSR count). The highest BCUT2D eigenvalue weighted by Crippen LogP contribution is 2.18. The summed E-state index contributed by atoms with van der Waals surface area (Å²) in [5, 5.41) is 13.9. The van der Waals surface area contributed by atoms with Gasteiger partial charge >= 0.3 is 5.97 Å². The van der Waals surface area contributed by atoms with Crippen molar-refractivity contribution in [2.24, 2.45) is 0 Å². The van der Waals surface area contributed by atoms with Crippen molar-refractivity contribution in [3.05, 3.63) is 30.1 Å². The summed E-state index contributed by atoms with van der Waals surface area (Å²) < 4.78 is 5.94. The van der Waals surface area contributed by atoms with Gasteiger partial charge in [0.15, 0.2) is 5.82 Å². The van der Waals surface area contributed by atoms with Crippen molar-refractivity contribution in [3.8, 4) is 0 Å². The van der Waals surface area contributed by atoms with Crippen molar-refractivity contribution in [1.29, 1.82) is 0 Å². The number of aromatic nitrogens is 4. The maximum Gasteiger partial charge on any atom is 0.306 e. The lowest BCUT2D eigenvalue weighted by Crippen LogP contribution is -2.19. The number of nitrogens with zero attached hydrogens (tertiary/aromatic N) is 3. The van der Waals surface area contributed by atoms with Crippen LogP contribution < -0.4 is 0 Å². The molecule has 0 aliphatic heterocycles. The molecule has 0 aromatic carbocycles. The van der Waals surface area contributed by atoms with E-state index in [9.17, 15) is 4.79 Å². The number of carbonyl (C=O) groups is 1. The van der Waals surface area contributed by atoms with Crippen LogP contribution in [0.2, 0.25) is 0 Å². The maximum absolute atomic E-state index is 12.5. The van der Waals surface area contributed by atoms with Gasteiger partial charge < -0.3 is 4.74 Å². The van der Waals surface area contributed by atoms with E-state index in [0.29, 0.717) is 18.7 Å². The maximum atomic E-state index is 12.5. The Labute approximate surface area is 278 Å². The highest BCUT2D eigenvalue weighted by molar-refractivity contribution is 5.69. The molecule has 0 spiro atoms. The Morgan fingerprint density at radius 3 is 1.40 bits per heavy atom. The number of aromatic amines is 1. The topological polar surface area (TPSA) is 80.8 Å². The lowest BCUT2D eigenvalue weighted by Gasteiger charge is -2.18. The van der Waals surface area contributed by atoms with E-state index in [2.05, 4.69) is 58.8 Å². The molecule has 1 aromatic heterocycles. The van der Waals surface area contributed by atoms with Crippen LogP contribution in [-0.2, 0) is 16.0 Å². The van der Waals surface area contributed by atoms with E-state index >= 15 is 0 Å². The highest BCUT2D eigenvalue weighted by Gasteiger charge is 2.15. The van der Waals surface area contributed by atoms with Crippen molar-refractivity contribution in [1.82, 2.24) is 20.6 Å². The number of ether oxygens (including phenoxy) is 1. The predicted octanol–water partition coefficient (Wildman–Crippen LogP) is 12.1. The first-order valence-corrected chi connectivity index (χ1v) is 19.5. The molecule has 6 nitrogen and oxygen atoms in total. The van der Waals surface area contributed by atoms with Crippen LogP contribution >= 0.6 is 0 Å². The number of aryl methyl sites for hydroxylation is 1. The minimum Gasteiger partial charge on any atom is -0.462 e. The monoisotopic (exact) mass is 629 g/mol. The van der Waals surface area contributed by atoms with E-state index < -0.39 is 0 Å². The van der Waals surface area contributed by atoms with Gasteiger partial charge in [-0.05, 0) is 77.0 Å². The average Bonchev–Trinajstić information content (AvgIpc) is 3.57. The zero-order valence-electron chi connectivity index (χ0n) is 29.8. The summed E-state index contributed by atoms with van der Waals surface area (Å²) in [7, 11) is 0. The Morgan fingerprint density at radius 2 is 1.00 bits per heavy atom. The Kier molecular flexibility index (Phi) is 30.4. The predicted molar refractivity (Wildman–Crippen MR) is 191 cm³/mol. The number of esters is 1. The molecule has 0 saturated carbocycles. The molecular formula is C39H72N4O2. The van der Waals surface area contributed by atoms with Crippen LogP contribution in [0.1, 0.15) is 206 Å². The number of unbranched alkanes of at least 4 members (excludes halogenated alkanes) is 22. The fourth-order valence-electron chi connectivity index (χ4n) is 5.89. The van der Waals surface area contributed by atoms with Crippen LogP contribution in [-0.4, -0.2) is 32.7 Å². The van der Waals surface area contributed by atoms with Gasteiger partial charge in [-0.2, -0.15) is 5.21 Å². The first kappa shape index (κ1) is 41.0. The highest BCUT2D eigenvalue weighted by atomic mass is 16.5. The second kappa shape index (κ2) is 33.4. The number of nitrogens with one attached hydrogen (secondary N) is 1. The van der Waals surface area contributed by atoms with Gasteiger partial charge in [0.2, 0.25) is 0 Å². The van der Waals surface area contributed by atoms with E-state index in [0.717, 1.165) is 25.7 Å². The van der Waals surface area contributed by atoms with E-state index in [1.807, 2.05) is 0 Å². The third kappa shape index (κ3) is 29.2. The molecule has 0 bridgehead atoms. The summed E-state index contributed by atoms with van der Waals surface area (Å²) in [5.41, 5.74) is 0. The van der Waals surface area contributed by atoms with Crippen molar-refractivity contribution >= 4 is 5.97 Å². The standard InChI is InChI=1S/C39H72N4O2/c1-3-5-7-9-11-13-15-17-19-21-23-25-27-29-31-33-37(45-39(44)36-35-38-40-42-43-41-38)34-32-30-28-26-24-22-20-18-16-14-12-10-8-6-4-2/h17-20,37H,3-16,21-36H2,1-2H3,(H,40,41,42,43)/b19-17-,20-18-. The minimum atomic E-state index is -0.134. The number of hydrogen-bond acceptors (Lipinski definition) is 5. The molecule has 0 unspecified atom stereocenters. The number of carbonyl (C=O) groups excluding carboxylic acids is 1.